The molecule has 1 fully saturated rings. The van der Waals surface area contributed by atoms with Crippen molar-refractivity contribution in [1.82, 2.24) is 15.8 Å². The Labute approximate surface area is 141 Å². The summed E-state index contributed by atoms with van der Waals surface area (Å²) in [6.07, 6.45) is 1.37. The number of ether oxygens (including phenoxy) is 1. The second kappa shape index (κ2) is 9.02. The van der Waals surface area contributed by atoms with E-state index in [-0.39, 0.29) is 30.2 Å². The summed E-state index contributed by atoms with van der Waals surface area (Å²) < 4.78 is 5.02. The molecule has 0 bridgehead atoms. The molecule has 1 aliphatic heterocycles. The Morgan fingerprint density at radius 3 is 2.42 bits per heavy atom. The molecule has 0 saturated carbocycles. The van der Waals surface area contributed by atoms with Gasteiger partial charge in [-0.1, -0.05) is 18.2 Å². The van der Waals surface area contributed by atoms with Gasteiger partial charge < -0.3 is 4.74 Å². The first-order valence-electron chi connectivity index (χ1n) is 8.13. The fraction of sp³-hybridized carbons (Fsp3) is 0.471. The Balaban J connectivity index is 1.68. The average Bonchev–Trinajstić information content (AvgIpc) is 2.61. The van der Waals surface area contributed by atoms with Crippen LogP contribution < -0.4 is 10.9 Å². The third-order valence-electron chi connectivity index (χ3n) is 3.93. The van der Waals surface area contributed by atoms with Gasteiger partial charge in [0.1, 0.15) is 0 Å². The van der Waals surface area contributed by atoms with E-state index in [4.69, 9.17) is 4.74 Å². The van der Waals surface area contributed by atoms with Gasteiger partial charge in [0, 0.05) is 5.56 Å². The summed E-state index contributed by atoms with van der Waals surface area (Å²) in [5.74, 6) is -0.877. The van der Waals surface area contributed by atoms with Gasteiger partial charge in [0.05, 0.1) is 19.1 Å². The molecule has 1 heterocycles. The fourth-order valence-electron chi connectivity index (χ4n) is 2.62. The van der Waals surface area contributed by atoms with Gasteiger partial charge in [0.25, 0.3) is 11.8 Å². The molecule has 1 saturated heterocycles. The summed E-state index contributed by atoms with van der Waals surface area (Å²) in [6.45, 7) is 3.68. The van der Waals surface area contributed by atoms with Gasteiger partial charge in [-0.3, -0.25) is 30.1 Å². The Morgan fingerprint density at radius 2 is 1.79 bits per heavy atom. The number of nitrogens with zero attached hydrogens (tertiary/aromatic N) is 1. The SMILES string of the molecule is CCOC(=O)C1CCN(CC(=O)NNC(=O)c2ccccc2)CC1. The van der Waals surface area contributed by atoms with Crippen molar-refractivity contribution in [2.45, 2.75) is 19.8 Å². The maximum absolute atomic E-state index is 11.9. The molecule has 0 aliphatic carbocycles. The number of amides is 2. The van der Waals surface area contributed by atoms with Crippen LogP contribution in [0.4, 0.5) is 0 Å². The lowest BCUT2D eigenvalue weighted by molar-refractivity contribution is -0.149. The first kappa shape index (κ1) is 17.9. The number of esters is 1. The second-order valence-electron chi connectivity index (χ2n) is 5.67. The van der Waals surface area contributed by atoms with Crippen molar-refractivity contribution in [1.29, 1.82) is 0 Å². The van der Waals surface area contributed by atoms with E-state index < -0.39 is 0 Å². The van der Waals surface area contributed by atoms with Gasteiger partial charge in [-0.2, -0.15) is 0 Å². The van der Waals surface area contributed by atoms with Crippen LogP contribution in [0.1, 0.15) is 30.1 Å². The van der Waals surface area contributed by atoms with Crippen LogP contribution in [-0.4, -0.2) is 48.9 Å². The topological polar surface area (TPSA) is 87.7 Å². The van der Waals surface area contributed by atoms with E-state index in [0.29, 0.717) is 38.1 Å². The predicted molar refractivity (Wildman–Crippen MR) is 87.8 cm³/mol. The first-order chi connectivity index (χ1) is 11.6. The molecule has 7 nitrogen and oxygen atoms in total. The van der Waals surface area contributed by atoms with E-state index in [9.17, 15) is 14.4 Å². The first-order valence-corrected chi connectivity index (χ1v) is 8.13. The number of carbonyl (C=O) groups excluding carboxylic acids is 3. The van der Waals surface area contributed by atoms with Crippen LogP contribution in [-0.2, 0) is 14.3 Å². The summed E-state index contributed by atoms with van der Waals surface area (Å²) in [6, 6.07) is 8.66. The minimum Gasteiger partial charge on any atom is -0.466 e. The van der Waals surface area contributed by atoms with Crippen LogP contribution in [0.5, 0.6) is 0 Å². The zero-order valence-corrected chi connectivity index (χ0v) is 13.8. The van der Waals surface area contributed by atoms with Crippen molar-refractivity contribution in [2.75, 3.05) is 26.2 Å². The number of rotatable bonds is 5. The zero-order valence-electron chi connectivity index (χ0n) is 13.8. The standard InChI is InChI=1S/C17H23N3O4/c1-2-24-17(23)14-8-10-20(11-9-14)12-15(21)18-19-16(22)13-6-4-3-5-7-13/h3-7,14H,2,8-12H2,1H3,(H,18,21)(H,19,22). The molecule has 0 spiro atoms. The molecule has 2 rings (SSSR count). The molecule has 130 valence electrons. The van der Waals surface area contributed by atoms with E-state index >= 15 is 0 Å². The van der Waals surface area contributed by atoms with Crippen molar-refractivity contribution in [3.63, 3.8) is 0 Å². The Hall–Kier alpha value is -2.41. The minimum absolute atomic E-state index is 0.0814. The van der Waals surface area contributed by atoms with Crippen molar-refractivity contribution >= 4 is 17.8 Å². The number of nitrogens with one attached hydrogen (secondary N) is 2. The Kier molecular flexibility index (Phi) is 6.74. The molecule has 2 N–H and O–H groups in total. The quantitative estimate of drug-likeness (QED) is 0.612. The summed E-state index contributed by atoms with van der Waals surface area (Å²) in [5, 5.41) is 0. The lowest BCUT2D eigenvalue weighted by Gasteiger charge is -2.30. The molecule has 1 aromatic rings. The third kappa shape index (κ3) is 5.34. The monoisotopic (exact) mass is 333 g/mol. The molecule has 1 aromatic carbocycles. The van der Waals surface area contributed by atoms with Crippen LogP contribution in [0, 0.1) is 5.92 Å². The number of benzene rings is 1. The molecule has 1 aliphatic rings. The zero-order chi connectivity index (χ0) is 17.4. The van der Waals surface area contributed by atoms with Crippen LogP contribution in [0.15, 0.2) is 30.3 Å². The highest BCUT2D eigenvalue weighted by Crippen LogP contribution is 2.18. The molecule has 7 heteroatoms. The molecular formula is C17H23N3O4. The van der Waals surface area contributed by atoms with Crippen molar-refractivity contribution < 1.29 is 19.1 Å². The highest BCUT2D eigenvalue weighted by atomic mass is 16.5. The lowest BCUT2D eigenvalue weighted by Crippen LogP contribution is -2.48. The number of piperidine rings is 1. The molecule has 0 aromatic heterocycles. The smallest absolute Gasteiger partial charge is 0.309 e. The molecule has 0 unspecified atom stereocenters. The van der Waals surface area contributed by atoms with Crippen molar-refractivity contribution in [3.05, 3.63) is 35.9 Å². The second-order valence-corrected chi connectivity index (χ2v) is 5.67. The van der Waals surface area contributed by atoms with E-state index in [0.717, 1.165) is 0 Å². The predicted octanol–water partition coefficient (Wildman–Crippen LogP) is 0.723. The molecule has 24 heavy (non-hydrogen) atoms. The fourth-order valence-corrected chi connectivity index (χ4v) is 2.62. The van der Waals surface area contributed by atoms with E-state index in [1.807, 2.05) is 11.0 Å². The Bertz CT molecular complexity index is 568. The minimum atomic E-state index is -0.357. The maximum atomic E-state index is 11.9. The van der Waals surface area contributed by atoms with Crippen LogP contribution >= 0.6 is 0 Å². The number of hydrogen-bond acceptors (Lipinski definition) is 5. The number of hydrogen-bond donors (Lipinski definition) is 2. The van der Waals surface area contributed by atoms with E-state index in [1.54, 1.807) is 31.2 Å². The van der Waals surface area contributed by atoms with Crippen LogP contribution in [0.3, 0.4) is 0 Å². The van der Waals surface area contributed by atoms with Crippen LogP contribution in [0.2, 0.25) is 0 Å². The lowest BCUT2D eigenvalue weighted by atomic mass is 9.97. The highest BCUT2D eigenvalue weighted by molar-refractivity contribution is 5.95. The molecular weight excluding hydrogens is 310 g/mol. The molecule has 0 atom stereocenters. The number of likely N-dealkylation sites (tertiary alicyclic amines) is 1. The largest absolute Gasteiger partial charge is 0.466 e. The van der Waals surface area contributed by atoms with Gasteiger partial charge >= 0.3 is 5.97 Å². The third-order valence-corrected chi connectivity index (χ3v) is 3.93. The van der Waals surface area contributed by atoms with Crippen molar-refractivity contribution in [3.8, 4) is 0 Å². The van der Waals surface area contributed by atoms with Gasteiger partial charge in [0.2, 0.25) is 0 Å². The van der Waals surface area contributed by atoms with E-state index in [1.165, 1.54) is 0 Å². The summed E-state index contributed by atoms with van der Waals surface area (Å²) >= 11 is 0. The maximum Gasteiger partial charge on any atom is 0.309 e. The van der Waals surface area contributed by atoms with Gasteiger partial charge in [-0.25, -0.2) is 0 Å². The molecule has 0 radical (unpaired) electrons. The molecule has 2 amide bonds. The number of hydrazine groups is 1. The number of carbonyl (C=O) groups is 3. The van der Waals surface area contributed by atoms with Gasteiger partial charge in [-0.05, 0) is 45.0 Å². The highest BCUT2D eigenvalue weighted by Gasteiger charge is 2.26. The van der Waals surface area contributed by atoms with E-state index in [2.05, 4.69) is 10.9 Å². The van der Waals surface area contributed by atoms with Crippen molar-refractivity contribution in [2.24, 2.45) is 5.92 Å². The average molecular weight is 333 g/mol. The summed E-state index contributed by atoms with van der Waals surface area (Å²) in [4.78, 5) is 37.4. The van der Waals surface area contributed by atoms with Gasteiger partial charge in [0.15, 0.2) is 0 Å². The van der Waals surface area contributed by atoms with Gasteiger partial charge in [-0.15, -0.1) is 0 Å². The Morgan fingerprint density at radius 1 is 1.12 bits per heavy atom. The van der Waals surface area contributed by atoms with Crippen LogP contribution in [0.25, 0.3) is 0 Å². The normalized spacial score (nSPS) is 15.5. The summed E-state index contributed by atoms with van der Waals surface area (Å²) in [7, 11) is 0. The summed E-state index contributed by atoms with van der Waals surface area (Å²) in [5.41, 5.74) is 5.28.